The molecule has 0 spiro atoms. The van der Waals surface area contributed by atoms with Gasteiger partial charge in [0.1, 0.15) is 5.52 Å². The van der Waals surface area contributed by atoms with E-state index in [-0.39, 0.29) is 12.6 Å². The number of oxazole rings is 1. The summed E-state index contributed by atoms with van der Waals surface area (Å²) in [4.78, 5) is 16.0. The number of hydrogen-bond donors (Lipinski definition) is 2. The minimum Gasteiger partial charge on any atom is -0.423 e. The van der Waals surface area contributed by atoms with Crippen LogP contribution >= 0.6 is 11.3 Å². The Bertz CT molecular complexity index is 1040. The van der Waals surface area contributed by atoms with Gasteiger partial charge in [0.2, 0.25) is 5.95 Å². The Morgan fingerprint density at radius 3 is 3.00 bits per heavy atom. The van der Waals surface area contributed by atoms with E-state index in [2.05, 4.69) is 20.2 Å². The summed E-state index contributed by atoms with van der Waals surface area (Å²) in [6.45, 7) is 0.960. The fourth-order valence-electron chi connectivity index (χ4n) is 3.38. The quantitative estimate of drug-likeness (QED) is 0.570. The molecule has 8 heteroatoms. The van der Waals surface area contributed by atoms with Crippen molar-refractivity contribution in [2.24, 2.45) is 0 Å². The van der Waals surface area contributed by atoms with Crippen molar-refractivity contribution in [2.75, 3.05) is 23.4 Å². The third kappa shape index (κ3) is 2.58. The molecule has 1 atom stereocenters. The Kier molecular flexibility index (Phi) is 3.72. The Hall–Kier alpha value is -2.71. The number of aromatic nitrogens is 3. The molecule has 2 N–H and O–H groups in total. The maximum atomic E-state index is 9.62. The second-order valence-electron chi connectivity index (χ2n) is 6.29. The number of rotatable bonds is 4. The molecule has 1 aromatic carbocycles. The summed E-state index contributed by atoms with van der Waals surface area (Å²) in [7, 11) is 0. The first-order valence-corrected chi connectivity index (χ1v) is 9.45. The van der Waals surface area contributed by atoms with E-state index in [1.165, 1.54) is 0 Å². The lowest BCUT2D eigenvalue weighted by atomic mass is 10.2. The molecule has 0 aliphatic carbocycles. The van der Waals surface area contributed by atoms with E-state index in [0.29, 0.717) is 17.8 Å². The number of benzene rings is 1. The normalized spacial score (nSPS) is 17.4. The van der Waals surface area contributed by atoms with Crippen LogP contribution in [0, 0.1) is 0 Å². The summed E-state index contributed by atoms with van der Waals surface area (Å²) in [6, 6.07) is 10.1. The van der Waals surface area contributed by atoms with E-state index in [1.54, 1.807) is 11.3 Å². The largest absolute Gasteiger partial charge is 0.423 e. The minimum atomic E-state index is 0.0725. The van der Waals surface area contributed by atoms with Crippen LogP contribution in [0.1, 0.15) is 12.8 Å². The Balaban J connectivity index is 1.56. The van der Waals surface area contributed by atoms with Crippen molar-refractivity contribution < 1.29 is 9.52 Å². The zero-order chi connectivity index (χ0) is 17.5. The molecular weight excluding hydrogens is 350 g/mol. The third-order valence-corrected chi connectivity index (χ3v) is 5.57. The fraction of sp³-hybridized carbons (Fsp3) is 0.278. The molecule has 4 heterocycles. The molecule has 0 bridgehead atoms. The molecular formula is C18H17N5O2S. The highest BCUT2D eigenvalue weighted by Gasteiger charge is 2.27. The number of fused-ring (bicyclic) bond motifs is 2. The predicted molar refractivity (Wildman–Crippen MR) is 102 cm³/mol. The van der Waals surface area contributed by atoms with Gasteiger partial charge in [-0.3, -0.25) is 5.32 Å². The lowest BCUT2D eigenvalue weighted by molar-refractivity contribution is 0.265. The number of hydrogen-bond acceptors (Lipinski definition) is 8. The summed E-state index contributed by atoms with van der Waals surface area (Å²) >= 11 is 1.57. The molecule has 132 valence electrons. The standard InChI is InChI=1S/C18H17N5O2S/c24-10-11-4-3-8-23(11)17-19-13-7-9-26-15(13)16(21-17)22-18-20-12-5-1-2-6-14(12)25-18/h1-2,5-7,9,11,24H,3-4,8,10H2,(H,19,20,21,22)/t11-/m0/s1. The van der Waals surface area contributed by atoms with Crippen LogP contribution in [0.25, 0.3) is 21.3 Å². The number of aliphatic hydroxyl groups excluding tert-OH is 1. The van der Waals surface area contributed by atoms with Crippen LogP contribution in [0.15, 0.2) is 40.1 Å². The molecule has 5 rings (SSSR count). The molecule has 0 unspecified atom stereocenters. The first kappa shape index (κ1) is 15.5. The van der Waals surface area contributed by atoms with Gasteiger partial charge in [-0.15, -0.1) is 11.3 Å². The van der Waals surface area contributed by atoms with Gasteiger partial charge in [-0.05, 0) is 36.4 Å². The van der Waals surface area contributed by atoms with Crippen LogP contribution in [0.2, 0.25) is 0 Å². The maximum Gasteiger partial charge on any atom is 0.301 e. The zero-order valence-electron chi connectivity index (χ0n) is 13.9. The van der Waals surface area contributed by atoms with Gasteiger partial charge >= 0.3 is 6.01 Å². The molecule has 26 heavy (non-hydrogen) atoms. The van der Waals surface area contributed by atoms with Crippen LogP contribution in [-0.2, 0) is 0 Å². The van der Waals surface area contributed by atoms with E-state index < -0.39 is 0 Å². The van der Waals surface area contributed by atoms with Gasteiger partial charge in [-0.25, -0.2) is 4.98 Å². The number of aliphatic hydroxyl groups is 1. The van der Waals surface area contributed by atoms with Crippen molar-refractivity contribution in [1.29, 1.82) is 0 Å². The van der Waals surface area contributed by atoms with Crippen molar-refractivity contribution >= 4 is 50.4 Å². The van der Waals surface area contributed by atoms with Crippen molar-refractivity contribution in [1.82, 2.24) is 15.0 Å². The van der Waals surface area contributed by atoms with E-state index >= 15 is 0 Å². The number of para-hydroxylation sites is 2. The first-order valence-electron chi connectivity index (χ1n) is 8.57. The average molecular weight is 367 g/mol. The summed E-state index contributed by atoms with van der Waals surface area (Å²) < 4.78 is 6.73. The summed E-state index contributed by atoms with van der Waals surface area (Å²) in [5, 5.41) is 14.8. The molecule has 7 nitrogen and oxygen atoms in total. The number of nitrogens with zero attached hydrogens (tertiary/aromatic N) is 4. The third-order valence-electron chi connectivity index (χ3n) is 4.66. The van der Waals surface area contributed by atoms with E-state index in [1.807, 2.05) is 35.7 Å². The molecule has 1 fully saturated rings. The lowest BCUT2D eigenvalue weighted by Crippen LogP contribution is -2.33. The topological polar surface area (TPSA) is 87.3 Å². The molecule has 1 aliphatic heterocycles. The molecule has 1 saturated heterocycles. The number of anilines is 3. The summed E-state index contributed by atoms with van der Waals surface area (Å²) in [6.07, 6.45) is 1.99. The second kappa shape index (κ2) is 6.22. The van der Waals surface area contributed by atoms with Crippen LogP contribution in [0.5, 0.6) is 0 Å². The van der Waals surface area contributed by atoms with Gasteiger partial charge in [0.05, 0.1) is 22.9 Å². The zero-order valence-corrected chi connectivity index (χ0v) is 14.7. The molecule has 3 aromatic heterocycles. The minimum absolute atomic E-state index is 0.0725. The summed E-state index contributed by atoms with van der Waals surface area (Å²) in [5.74, 6) is 1.31. The van der Waals surface area contributed by atoms with Crippen LogP contribution in [0.4, 0.5) is 17.8 Å². The molecule has 4 aromatic rings. The van der Waals surface area contributed by atoms with Crippen LogP contribution < -0.4 is 10.2 Å². The molecule has 0 saturated carbocycles. The molecule has 1 aliphatic rings. The summed E-state index contributed by atoms with van der Waals surface area (Å²) in [5.41, 5.74) is 2.40. The SMILES string of the molecule is OC[C@@H]1CCCN1c1nc(Nc2nc3ccccc3o2)c2sccc2n1. The second-order valence-corrected chi connectivity index (χ2v) is 7.21. The van der Waals surface area contributed by atoms with E-state index in [0.717, 1.165) is 40.7 Å². The average Bonchev–Trinajstić information content (AvgIpc) is 3.39. The molecule has 0 radical (unpaired) electrons. The maximum absolute atomic E-state index is 9.62. The Morgan fingerprint density at radius 2 is 2.12 bits per heavy atom. The number of thiophene rings is 1. The molecule has 0 amide bonds. The fourth-order valence-corrected chi connectivity index (χ4v) is 4.16. The van der Waals surface area contributed by atoms with Gasteiger partial charge in [0.15, 0.2) is 11.4 Å². The van der Waals surface area contributed by atoms with Gasteiger partial charge in [-0.2, -0.15) is 9.97 Å². The van der Waals surface area contributed by atoms with Crippen molar-refractivity contribution in [3.05, 3.63) is 35.7 Å². The number of nitrogens with one attached hydrogen (secondary N) is 1. The van der Waals surface area contributed by atoms with Gasteiger partial charge < -0.3 is 14.4 Å². The first-order chi connectivity index (χ1) is 12.8. The predicted octanol–water partition coefficient (Wildman–Crippen LogP) is 3.54. The Labute approximate surface area is 153 Å². The monoisotopic (exact) mass is 367 g/mol. The van der Waals surface area contributed by atoms with Gasteiger partial charge in [-0.1, -0.05) is 12.1 Å². The van der Waals surface area contributed by atoms with Gasteiger partial charge in [0, 0.05) is 6.54 Å². The van der Waals surface area contributed by atoms with Crippen molar-refractivity contribution in [3.8, 4) is 0 Å². The van der Waals surface area contributed by atoms with Crippen LogP contribution in [-0.4, -0.2) is 39.3 Å². The van der Waals surface area contributed by atoms with Crippen molar-refractivity contribution in [3.63, 3.8) is 0 Å². The van der Waals surface area contributed by atoms with Crippen LogP contribution in [0.3, 0.4) is 0 Å². The highest BCUT2D eigenvalue weighted by molar-refractivity contribution is 7.17. The van der Waals surface area contributed by atoms with E-state index in [4.69, 9.17) is 9.40 Å². The highest BCUT2D eigenvalue weighted by atomic mass is 32.1. The smallest absolute Gasteiger partial charge is 0.301 e. The van der Waals surface area contributed by atoms with E-state index in [9.17, 15) is 5.11 Å². The van der Waals surface area contributed by atoms with Crippen molar-refractivity contribution in [2.45, 2.75) is 18.9 Å². The lowest BCUT2D eigenvalue weighted by Gasteiger charge is -2.23. The Morgan fingerprint density at radius 1 is 1.19 bits per heavy atom. The highest BCUT2D eigenvalue weighted by Crippen LogP contribution is 2.33. The van der Waals surface area contributed by atoms with Gasteiger partial charge in [0.25, 0.3) is 0 Å².